The molecule has 4 aromatic rings. The molecule has 156 valence electrons. The van der Waals surface area contributed by atoms with E-state index in [-0.39, 0.29) is 5.91 Å². The molecule has 0 saturated heterocycles. The Balaban J connectivity index is 1.55. The molecule has 1 aromatic heterocycles. The van der Waals surface area contributed by atoms with Crippen LogP contribution in [0.25, 0.3) is 21.8 Å². The monoisotopic (exact) mass is 450 g/mol. The standard InChI is InChI=1S/C24H19ClN2O3S/c1-29-17-9-11-19(22(13-17)30-2)23(28)26-16-8-10-18(20(25)12-16)21-14-31-24(27-21)15-6-4-3-5-7-15/h3-14H,1-2H3,(H,26,28). The van der Waals surface area contributed by atoms with Gasteiger partial charge in [-0.05, 0) is 30.3 Å². The van der Waals surface area contributed by atoms with Crippen molar-refractivity contribution in [3.05, 3.63) is 82.7 Å². The molecule has 0 unspecified atom stereocenters. The summed E-state index contributed by atoms with van der Waals surface area (Å²) in [7, 11) is 3.07. The third-order valence-electron chi connectivity index (χ3n) is 4.68. The maximum Gasteiger partial charge on any atom is 0.259 e. The maximum atomic E-state index is 12.7. The van der Waals surface area contributed by atoms with Gasteiger partial charge in [0.25, 0.3) is 5.91 Å². The zero-order chi connectivity index (χ0) is 21.8. The van der Waals surface area contributed by atoms with E-state index in [1.807, 2.05) is 41.8 Å². The van der Waals surface area contributed by atoms with Gasteiger partial charge >= 0.3 is 0 Å². The number of carbonyl (C=O) groups is 1. The van der Waals surface area contributed by atoms with Crippen molar-refractivity contribution in [2.75, 3.05) is 19.5 Å². The van der Waals surface area contributed by atoms with Crippen LogP contribution in [-0.4, -0.2) is 25.1 Å². The number of hydrogen-bond donors (Lipinski definition) is 1. The van der Waals surface area contributed by atoms with Gasteiger partial charge in [-0.2, -0.15) is 0 Å². The molecule has 5 nitrogen and oxygen atoms in total. The fraction of sp³-hybridized carbons (Fsp3) is 0.0833. The van der Waals surface area contributed by atoms with E-state index >= 15 is 0 Å². The molecule has 0 aliphatic carbocycles. The molecular formula is C24H19ClN2O3S. The molecule has 7 heteroatoms. The number of ether oxygens (including phenoxy) is 2. The molecule has 1 N–H and O–H groups in total. The van der Waals surface area contributed by atoms with Crippen molar-refractivity contribution >= 4 is 34.5 Å². The number of methoxy groups -OCH3 is 2. The number of anilines is 1. The van der Waals surface area contributed by atoms with Crippen LogP contribution >= 0.6 is 22.9 Å². The normalized spacial score (nSPS) is 10.5. The quantitative estimate of drug-likeness (QED) is 0.369. The Hall–Kier alpha value is -3.35. The minimum atomic E-state index is -0.302. The summed E-state index contributed by atoms with van der Waals surface area (Å²) in [5.41, 5.74) is 3.64. The lowest BCUT2D eigenvalue weighted by Gasteiger charge is -2.11. The Morgan fingerprint density at radius 3 is 2.52 bits per heavy atom. The van der Waals surface area contributed by atoms with Crippen LogP contribution < -0.4 is 14.8 Å². The van der Waals surface area contributed by atoms with Crippen LogP contribution in [0.1, 0.15) is 10.4 Å². The second kappa shape index (κ2) is 9.20. The molecule has 0 saturated carbocycles. The summed E-state index contributed by atoms with van der Waals surface area (Å²) in [6.07, 6.45) is 0. The molecule has 3 aromatic carbocycles. The number of benzene rings is 3. The Morgan fingerprint density at radius 1 is 1.00 bits per heavy atom. The molecule has 0 radical (unpaired) electrons. The van der Waals surface area contributed by atoms with Crippen LogP contribution in [0.15, 0.2) is 72.1 Å². The van der Waals surface area contributed by atoms with Crippen LogP contribution in [-0.2, 0) is 0 Å². The highest BCUT2D eigenvalue weighted by Crippen LogP contribution is 2.34. The van der Waals surface area contributed by atoms with Crippen molar-refractivity contribution < 1.29 is 14.3 Å². The number of nitrogens with one attached hydrogen (secondary N) is 1. The summed E-state index contributed by atoms with van der Waals surface area (Å²) in [6.45, 7) is 0. The van der Waals surface area contributed by atoms with Crippen LogP contribution in [0.4, 0.5) is 5.69 Å². The maximum absolute atomic E-state index is 12.7. The van der Waals surface area contributed by atoms with Crippen molar-refractivity contribution in [2.45, 2.75) is 0 Å². The number of rotatable bonds is 6. The van der Waals surface area contributed by atoms with Gasteiger partial charge in [-0.3, -0.25) is 4.79 Å². The summed E-state index contributed by atoms with van der Waals surface area (Å²) in [6, 6.07) is 20.4. The Bertz CT molecular complexity index is 1220. The topological polar surface area (TPSA) is 60.5 Å². The van der Waals surface area contributed by atoms with E-state index in [4.69, 9.17) is 26.1 Å². The van der Waals surface area contributed by atoms with Gasteiger partial charge in [0, 0.05) is 28.3 Å². The molecule has 0 spiro atoms. The third kappa shape index (κ3) is 4.55. The molecule has 0 bridgehead atoms. The second-order valence-electron chi connectivity index (χ2n) is 6.62. The number of amides is 1. The third-order valence-corrected chi connectivity index (χ3v) is 5.89. The van der Waals surface area contributed by atoms with E-state index in [2.05, 4.69) is 5.32 Å². The van der Waals surface area contributed by atoms with Gasteiger partial charge in [0.1, 0.15) is 16.5 Å². The minimum Gasteiger partial charge on any atom is -0.497 e. The van der Waals surface area contributed by atoms with E-state index in [1.54, 1.807) is 48.8 Å². The molecular weight excluding hydrogens is 432 g/mol. The van der Waals surface area contributed by atoms with E-state index in [9.17, 15) is 4.79 Å². The minimum absolute atomic E-state index is 0.302. The summed E-state index contributed by atoms with van der Waals surface area (Å²) in [4.78, 5) is 17.4. The zero-order valence-corrected chi connectivity index (χ0v) is 18.5. The van der Waals surface area contributed by atoms with Gasteiger partial charge in [0.05, 0.1) is 30.5 Å². The summed E-state index contributed by atoms with van der Waals surface area (Å²) in [5, 5.41) is 6.27. The number of aromatic nitrogens is 1. The smallest absolute Gasteiger partial charge is 0.259 e. The van der Waals surface area contributed by atoms with Gasteiger partial charge in [-0.1, -0.05) is 41.9 Å². The van der Waals surface area contributed by atoms with Gasteiger partial charge in [-0.25, -0.2) is 4.98 Å². The van der Waals surface area contributed by atoms with Gasteiger partial charge in [0.2, 0.25) is 0 Å². The first-order valence-electron chi connectivity index (χ1n) is 9.43. The summed E-state index contributed by atoms with van der Waals surface area (Å²) < 4.78 is 10.5. The first-order valence-corrected chi connectivity index (χ1v) is 10.7. The molecule has 1 amide bonds. The molecule has 0 fully saturated rings. The highest BCUT2D eigenvalue weighted by molar-refractivity contribution is 7.13. The SMILES string of the molecule is COc1ccc(C(=O)Nc2ccc(-c3csc(-c4ccccc4)n3)c(Cl)c2)c(OC)c1. The average Bonchev–Trinajstić information content (AvgIpc) is 3.29. The highest BCUT2D eigenvalue weighted by atomic mass is 35.5. The number of halogens is 1. The number of hydrogen-bond acceptors (Lipinski definition) is 5. The first kappa shape index (κ1) is 20.9. The summed E-state index contributed by atoms with van der Waals surface area (Å²) >= 11 is 8.08. The molecule has 0 aliphatic heterocycles. The fourth-order valence-electron chi connectivity index (χ4n) is 3.10. The highest BCUT2D eigenvalue weighted by Gasteiger charge is 2.15. The number of carbonyl (C=O) groups excluding carboxylic acids is 1. The van der Waals surface area contributed by atoms with E-state index in [0.717, 1.165) is 21.8 Å². The van der Waals surface area contributed by atoms with Gasteiger partial charge in [-0.15, -0.1) is 11.3 Å². The van der Waals surface area contributed by atoms with Crippen molar-refractivity contribution in [2.24, 2.45) is 0 Å². The van der Waals surface area contributed by atoms with Crippen molar-refractivity contribution in [3.63, 3.8) is 0 Å². The van der Waals surface area contributed by atoms with Crippen LogP contribution in [0, 0.1) is 0 Å². The molecule has 0 aliphatic rings. The van der Waals surface area contributed by atoms with Crippen molar-refractivity contribution in [1.82, 2.24) is 4.98 Å². The van der Waals surface area contributed by atoms with Crippen molar-refractivity contribution in [1.29, 1.82) is 0 Å². The van der Waals surface area contributed by atoms with Gasteiger partial charge in [0.15, 0.2) is 0 Å². The zero-order valence-electron chi connectivity index (χ0n) is 16.9. The number of thiazole rings is 1. The van der Waals surface area contributed by atoms with E-state index in [1.165, 1.54) is 7.11 Å². The summed E-state index contributed by atoms with van der Waals surface area (Å²) in [5.74, 6) is 0.734. The lowest BCUT2D eigenvalue weighted by molar-refractivity contribution is 0.102. The predicted molar refractivity (Wildman–Crippen MR) is 125 cm³/mol. The predicted octanol–water partition coefficient (Wildman–Crippen LogP) is 6.40. The van der Waals surface area contributed by atoms with Crippen LogP contribution in [0.3, 0.4) is 0 Å². The largest absolute Gasteiger partial charge is 0.497 e. The second-order valence-corrected chi connectivity index (χ2v) is 7.88. The Labute approximate surface area is 189 Å². The molecule has 31 heavy (non-hydrogen) atoms. The van der Waals surface area contributed by atoms with E-state index in [0.29, 0.717) is 27.8 Å². The fourth-order valence-corrected chi connectivity index (χ4v) is 4.20. The van der Waals surface area contributed by atoms with E-state index < -0.39 is 0 Å². The Morgan fingerprint density at radius 2 is 1.81 bits per heavy atom. The molecule has 1 heterocycles. The Kier molecular flexibility index (Phi) is 6.21. The lowest BCUT2D eigenvalue weighted by atomic mass is 10.1. The lowest BCUT2D eigenvalue weighted by Crippen LogP contribution is -2.13. The van der Waals surface area contributed by atoms with Crippen LogP contribution in [0.5, 0.6) is 11.5 Å². The molecule has 4 rings (SSSR count). The van der Waals surface area contributed by atoms with Crippen LogP contribution in [0.2, 0.25) is 5.02 Å². The van der Waals surface area contributed by atoms with Crippen molar-refractivity contribution in [3.8, 4) is 33.3 Å². The first-order chi connectivity index (χ1) is 15.1. The average molecular weight is 451 g/mol. The number of nitrogens with zero attached hydrogens (tertiary/aromatic N) is 1. The molecule has 0 atom stereocenters. The van der Waals surface area contributed by atoms with Gasteiger partial charge < -0.3 is 14.8 Å².